The van der Waals surface area contributed by atoms with E-state index in [0.717, 1.165) is 38.4 Å². The van der Waals surface area contributed by atoms with Gasteiger partial charge in [0.15, 0.2) is 0 Å². The Morgan fingerprint density at radius 2 is 2.06 bits per heavy atom. The van der Waals surface area contributed by atoms with Crippen LogP contribution in [0.25, 0.3) is 0 Å². The summed E-state index contributed by atoms with van der Waals surface area (Å²) in [6, 6.07) is 6.02. The Bertz CT molecular complexity index is 307. The van der Waals surface area contributed by atoms with Gasteiger partial charge in [0.2, 0.25) is 0 Å². The normalized spacial score (nSPS) is 20.9. The van der Waals surface area contributed by atoms with Gasteiger partial charge in [0, 0.05) is 38.9 Å². The maximum absolute atomic E-state index is 9.45. The summed E-state index contributed by atoms with van der Waals surface area (Å²) in [5.74, 6) is 0. The fraction of sp³-hybridized carbons (Fsp3) is 0.583. The molecule has 1 aromatic heterocycles. The van der Waals surface area contributed by atoms with Gasteiger partial charge in [-0.25, -0.2) is 0 Å². The van der Waals surface area contributed by atoms with Crippen molar-refractivity contribution in [2.24, 2.45) is 0 Å². The number of hydrogen-bond acceptors (Lipinski definition) is 4. The van der Waals surface area contributed by atoms with Crippen molar-refractivity contribution in [2.75, 3.05) is 26.2 Å². The van der Waals surface area contributed by atoms with E-state index in [9.17, 15) is 5.11 Å². The zero-order chi connectivity index (χ0) is 11.4. The summed E-state index contributed by atoms with van der Waals surface area (Å²) in [4.78, 5) is 8.79. The van der Waals surface area contributed by atoms with E-state index in [1.165, 1.54) is 0 Å². The van der Waals surface area contributed by atoms with E-state index in [-0.39, 0.29) is 6.23 Å². The van der Waals surface area contributed by atoms with Gasteiger partial charge < -0.3 is 5.11 Å². The van der Waals surface area contributed by atoms with Gasteiger partial charge in [-0.15, -0.1) is 0 Å². The van der Waals surface area contributed by atoms with Gasteiger partial charge in [0.1, 0.15) is 6.23 Å². The van der Waals surface area contributed by atoms with Crippen LogP contribution in [0.15, 0.2) is 24.4 Å². The molecule has 1 N–H and O–H groups in total. The molecule has 0 aromatic carbocycles. The number of piperazine rings is 1. The van der Waals surface area contributed by atoms with E-state index in [1.54, 1.807) is 0 Å². The summed E-state index contributed by atoms with van der Waals surface area (Å²) in [7, 11) is 0. The quantitative estimate of drug-likeness (QED) is 0.808. The van der Waals surface area contributed by atoms with Crippen LogP contribution in [-0.2, 0) is 6.54 Å². The number of aromatic nitrogens is 1. The zero-order valence-electron chi connectivity index (χ0n) is 9.71. The maximum Gasteiger partial charge on any atom is 0.104 e. The van der Waals surface area contributed by atoms with Gasteiger partial charge in [-0.1, -0.05) is 6.07 Å². The fourth-order valence-corrected chi connectivity index (χ4v) is 2.02. The van der Waals surface area contributed by atoms with Crippen LogP contribution >= 0.6 is 0 Å². The third-order valence-corrected chi connectivity index (χ3v) is 3.05. The van der Waals surface area contributed by atoms with Gasteiger partial charge in [0.25, 0.3) is 0 Å². The molecule has 88 valence electrons. The first kappa shape index (κ1) is 11.5. The van der Waals surface area contributed by atoms with Crippen molar-refractivity contribution in [1.29, 1.82) is 0 Å². The molecule has 1 aromatic rings. The van der Waals surface area contributed by atoms with Crippen molar-refractivity contribution < 1.29 is 5.11 Å². The molecule has 4 nitrogen and oxygen atoms in total. The predicted octanol–water partition coefficient (Wildman–Crippen LogP) is 0.537. The van der Waals surface area contributed by atoms with Crippen LogP contribution < -0.4 is 0 Å². The number of aliphatic hydroxyl groups excluding tert-OH is 1. The number of pyridine rings is 1. The summed E-state index contributed by atoms with van der Waals surface area (Å²) in [5.41, 5.74) is 1.12. The summed E-state index contributed by atoms with van der Waals surface area (Å²) in [6.45, 7) is 6.61. The third-order valence-electron chi connectivity index (χ3n) is 3.05. The smallest absolute Gasteiger partial charge is 0.104 e. The Kier molecular flexibility index (Phi) is 3.88. The van der Waals surface area contributed by atoms with Crippen LogP contribution in [0, 0.1) is 0 Å². The number of hydrogen-bond donors (Lipinski definition) is 1. The molecule has 0 amide bonds. The Morgan fingerprint density at radius 1 is 1.31 bits per heavy atom. The predicted molar refractivity (Wildman–Crippen MR) is 62.8 cm³/mol. The molecule has 0 spiro atoms. The van der Waals surface area contributed by atoms with Crippen LogP contribution in [-0.4, -0.2) is 52.3 Å². The molecule has 0 radical (unpaired) electrons. The van der Waals surface area contributed by atoms with Gasteiger partial charge in [0.05, 0.1) is 5.69 Å². The first-order valence-electron chi connectivity index (χ1n) is 5.80. The summed E-state index contributed by atoms with van der Waals surface area (Å²) in [6.07, 6.45) is 1.51. The van der Waals surface area contributed by atoms with Crippen molar-refractivity contribution in [1.82, 2.24) is 14.8 Å². The highest BCUT2D eigenvalue weighted by atomic mass is 16.3. The van der Waals surface area contributed by atoms with Crippen LogP contribution in [0.3, 0.4) is 0 Å². The standard InChI is InChI=1S/C12H19N3O/c1-11(16)15-8-6-14(7-9-15)10-12-4-2-3-5-13-12/h2-5,11,16H,6-10H2,1H3. The van der Waals surface area contributed by atoms with Crippen LogP contribution in [0.1, 0.15) is 12.6 Å². The van der Waals surface area contributed by atoms with E-state index < -0.39 is 0 Å². The third kappa shape index (κ3) is 3.01. The molecule has 0 saturated carbocycles. The first-order chi connectivity index (χ1) is 7.75. The molecule has 16 heavy (non-hydrogen) atoms. The zero-order valence-corrected chi connectivity index (χ0v) is 9.71. The molecule has 4 heteroatoms. The molecular weight excluding hydrogens is 202 g/mol. The molecule has 1 unspecified atom stereocenters. The highest BCUT2D eigenvalue weighted by Crippen LogP contribution is 2.07. The molecule has 1 aliphatic heterocycles. The van der Waals surface area contributed by atoms with Crippen molar-refractivity contribution in [3.63, 3.8) is 0 Å². The monoisotopic (exact) mass is 221 g/mol. The molecule has 1 saturated heterocycles. The van der Waals surface area contributed by atoms with Crippen molar-refractivity contribution >= 4 is 0 Å². The Labute approximate surface area is 96.5 Å². The van der Waals surface area contributed by atoms with Crippen LogP contribution in [0.4, 0.5) is 0 Å². The second-order valence-electron chi connectivity index (χ2n) is 4.27. The van der Waals surface area contributed by atoms with Gasteiger partial charge in [-0.3, -0.25) is 14.8 Å². The Balaban J connectivity index is 1.82. The highest BCUT2D eigenvalue weighted by molar-refractivity contribution is 5.03. The van der Waals surface area contributed by atoms with E-state index in [2.05, 4.69) is 20.9 Å². The summed E-state index contributed by atoms with van der Waals surface area (Å²) < 4.78 is 0. The molecule has 1 aliphatic rings. The number of rotatable bonds is 3. The van der Waals surface area contributed by atoms with E-state index in [4.69, 9.17) is 0 Å². The second-order valence-corrected chi connectivity index (χ2v) is 4.27. The second kappa shape index (κ2) is 5.39. The largest absolute Gasteiger partial charge is 0.379 e. The molecular formula is C12H19N3O. The first-order valence-corrected chi connectivity index (χ1v) is 5.80. The van der Waals surface area contributed by atoms with Crippen molar-refractivity contribution in [2.45, 2.75) is 19.7 Å². The minimum Gasteiger partial charge on any atom is -0.379 e. The van der Waals surface area contributed by atoms with Crippen molar-refractivity contribution in [3.8, 4) is 0 Å². The van der Waals surface area contributed by atoms with Gasteiger partial charge in [-0.2, -0.15) is 0 Å². The molecule has 1 fully saturated rings. The number of nitrogens with zero attached hydrogens (tertiary/aromatic N) is 3. The van der Waals surface area contributed by atoms with E-state index in [0.29, 0.717) is 0 Å². The maximum atomic E-state index is 9.45. The lowest BCUT2D eigenvalue weighted by molar-refractivity contribution is -0.0143. The Morgan fingerprint density at radius 3 is 2.62 bits per heavy atom. The highest BCUT2D eigenvalue weighted by Gasteiger charge is 2.19. The molecule has 0 bridgehead atoms. The molecule has 1 atom stereocenters. The fourth-order valence-electron chi connectivity index (χ4n) is 2.02. The average molecular weight is 221 g/mol. The molecule has 2 rings (SSSR count). The lowest BCUT2D eigenvalue weighted by Crippen LogP contribution is -2.49. The van der Waals surface area contributed by atoms with Crippen LogP contribution in [0.5, 0.6) is 0 Å². The lowest BCUT2D eigenvalue weighted by Gasteiger charge is -2.35. The lowest BCUT2D eigenvalue weighted by atomic mass is 10.2. The van der Waals surface area contributed by atoms with E-state index >= 15 is 0 Å². The van der Waals surface area contributed by atoms with Gasteiger partial charge in [-0.05, 0) is 19.1 Å². The molecule has 2 heterocycles. The van der Waals surface area contributed by atoms with Gasteiger partial charge >= 0.3 is 0 Å². The van der Waals surface area contributed by atoms with Crippen molar-refractivity contribution in [3.05, 3.63) is 30.1 Å². The SMILES string of the molecule is CC(O)N1CCN(Cc2ccccn2)CC1. The minimum absolute atomic E-state index is 0.322. The van der Waals surface area contributed by atoms with E-state index in [1.807, 2.05) is 25.3 Å². The summed E-state index contributed by atoms with van der Waals surface area (Å²) in [5, 5.41) is 9.45. The minimum atomic E-state index is -0.322. The average Bonchev–Trinajstić information content (AvgIpc) is 2.31. The number of aliphatic hydroxyl groups is 1. The molecule has 0 aliphatic carbocycles. The Hall–Kier alpha value is -0.970. The van der Waals surface area contributed by atoms with Crippen LogP contribution in [0.2, 0.25) is 0 Å². The summed E-state index contributed by atoms with van der Waals surface area (Å²) >= 11 is 0. The topological polar surface area (TPSA) is 39.6 Å².